The van der Waals surface area contributed by atoms with Crippen LogP contribution in [-0.2, 0) is 0 Å². The third kappa shape index (κ3) is 11.1. The molecular weight excluding hydrogens is 701 g/mol. The molecule has 2 N–H and O–H groups in total. The summed E-state index contributed by atoms with van der Waals surface area (Å²) >= 11 is 0. The molecule has 2 fully saturated rings. The Bertz CT molecular complexity index is 1940. The van der Waals surface area contributed by atoms with Crippen LogP contribution in [0.3, 0.4) is 0 Å². The van der Waals surface area contributed by atoms with Gasteiger partial charge in [0.15, 0.2) is 0 Å². The Balaban J connectivity index is 0.000000204. The molecule has 0 radical (unpaired) electrons. The Labute approximate surface area is 304 Å². The average molecular weight is 747 g/mol. The van der Waals surface area contributed by atoms with Gasteiger partial charge in [-0.25, -0.2) is 17.6 Å². The van der Waals surface area contributed by atoms with Crippen LogP contribution in [0.2, 0.25) is 0 Å². The molecule has 2 aromatic heterocycles. The van der Waals surface area contributed by atoms with Gasteiger partial charge in [0.1, 0.15) is 22.7 Å². The Morgan fingerprint density at radius 1 is 0.755 bits per heavy atom. The molecule has 0 unspecified atom stereocenters. The Hall–Kier alpha value is -4.29. The lowest BCUT2D eigenvalue weighted by Crippen LogP contribution is -2.50. The smallest absolute Gasteiger partial charge is 0.347 e. The molecule has 6 nitrogen and oxygen atoms in total. The van der Waals surface area contributed by atoms with Gasteiger partial charge < -0.3 is 10.6 Å². The number of carbonyl (C=O) groups is 2. The Kier molecular flexibility index (Phi) is 11.5. The summed E-state index contributed by atoms with van der Waals surface area (Å²) in [7, 11) is 0. The predicted octanol–water partition coefficient (Wildman–Crippen LogP) is 10.5. The lowest BCUT2D eigenvalue weighted by Gasteiger charge is -2.35. The van der Waals surface area contributed by atoms with Crippen molar-refractivity contribution in [3.8, 4) is 0 Å². The number of hydrogen-bond acceptors (Lipinski definition) is 4. The highest BCUT2D eigenvalue weighted by Crippen LogP contribution is 2.52. The van der Waals surface area contributed by atoms with Gasteiger partial charge in [0.05, 0.1) is 17.5 Å². The number of amides is 2. The van der Waals surface area contributed by atoms with Gasteiger partial charge in [-0.3, -0.25) is 19.6 Å². The summed E-state index contributed by atoms with van der Waals surface area (Å²) in [6.07, 6.45) is 3.12. The first-order chi connectivity index (χ1) is 24.6. The number of nitrogens with one attached hydrogen (secondary N) is 2. The number of pyridine rings is 2. The molecule has 2 aromatic carbocycles. The fourth-order valence-electron chi connectivity index (χ4n) is 7.82. The first-order valence-electron chi connectivity index (χ1n) is 17.8. The molecule has 2 aliphatic carbocycles. The van der Waals surface area contributed by atoms with Crippen LogP contribution in [0.1, 0.15) is 113 Å². The second-order valence-corrected chi connectivity index (χ2v) is 16.0. The number of benzene rings is 2. The molecule has 53 heavy (non-hydrogen) atoms. The highest BCUT2D eigenvalue weighted by Gasteiger charge is 2.47. The zero-order valence-corrected chi connectivity index (χ0v) is 30.3. The van der Waals surface area contributed by atoms with Gasteiger partial charge in [0.25, 0.3) is 11.8 Å². The van der Waals surface area contributed by atoms with E-state index in [9.17, 15) is 40.3 Å². The van der Waals surface area contributed by atoms with Crippen molar-refractivity contribution in [2.75, 3.05) is 0 Å². The summed E-state index contributed by atoms with van der Waals surface area (Å²) in [6, 6.07) is 11.8. The highest BCUT2D eigenvalue weighted by atomic mass is 19.4. The fourth-order valence-corrected chi connectivity index (χ4v) is 7.82. The second-order valence-electron chi connectivity index (χ2n) is 16.0. The summed E-state index contributed by atoms with van der Waals surface area (Å²) < 4.78 is 94.2. The topological polar surface area (TPSA) is 84.0 Å². The lowest BCUT2D eigenvalue weighted by molar-refractivity contribution is -0.149. The third-order valence-corrected chi connectivity index (χ3v) is 10.1. The molecular formula is C40H45F7N4O2. The molecule has 2 heterocycles. The molecule has 2 saturated carbocycles. The molecule has 0 saturated heterocycles. The first-order valence-corrected chi connectivity index (χ1v) is 17.8. The summed E-state index contributed by atoms with van der Waals surface area (Å²) in [5, 5.41) is 6.29. The van der Waals surface area contributed by atoms with Crippen LogP contribution < -0.4 is 10.6 Å². The van der Waals surface area contributed by atoms with Gasteiger partial charge in [-0.15, -0.1) is 0 Å². The minimum Gasteiger partial charge on any atom is -0.347 e. The minimum atomic E-state index is -4.38. The quantitative estimate of drug-likeness (QED) is 0.150. The van der Waals surface area contributed by atoms with E-state index in [0.717, 1.165) is 45.4 Å². The van der Waals surface area contributed by atoms with E-state index >= 15 is 0 Å². The summed E-state index contributed by atoms with van der Waals surface area (Å²) in [5.74, 6) is -4.79. The van der Waals surface area contributed by atoms with Crippen molar-refractivity contribution in [2.24, 2.45) is 11.3 Å². The number of rotatable bonds is 11. The number of carbonyl (C=O) groups excluding carboxylic acids is 2. The van der Waals surface area contributed by atoms with E-state index in [1.165, 1.54) is 55.7 Å². The van der Waals surface area contributed by atoms with Crippen LogP contribution in [-0.4, -0.2) is 45.0 Å². The molecule has 4 aromatic rings. The lowest BCUT2D eigenvalue weighted by atomic mass is 9.83. The summed E-state index contributed by atoms with van der Waals surface area (Å²) in [6.45, 7) is 6.03. The summed E-state index contributed by atoms with van der Waals surface area (Å²) in [4.78, 5) is 33.3. The van der Waals surface area contributed by atoms with Gasteiger partial charge in [-0.1, -0.05) is 56.9 Å². The van der Waals surface area contributed by atoms with Crippen molar-refractivity contribution in [1.82, 2.24) is 20.6 Å². The molecule has 0 spiro atoms. The number of alkyl halides is 5. The molecule has 2 atom stereocenters. The van der Waals surface area contributed by atoms with E-state index in [1.54, 1.807) is 19.1 Å². The minimum absolute atomic E-state index is 0.00194. The number of aromatic nitrogens is 2. The van der Waals surface area contributed by atoms with Crippen molar-refractivity contribution >= 4 is 33.6 Å². The molecule has 286 valence electrons. The van der Waals surface area contributed by atoms with E-state index in [0.29, 0.717) is 17.2 Å². The van der Waals surface area contributed by atoms with Crippen LogP contribution in [0, 0.1) is 23.0 Å². The number of fused-ring (bicyclic) bond motifs is 2. The Morgan fingerprint density at radius 2 is 1.23 bits per heavy atom. The zero-order valence-electron chi connectivity index (χ0n) is 30.3. The fraction of sp³-hybridized carbons (Fsp3) is 0.500. The first kappa shape index (κ1) is 39.9. The number of nitrogens with zero attached hydrogens (tertiary/aromatic N) is 2. The maximum absolute atomic E-state index is 13.7. The van der Waals surface area contributed by atoms with E-state index < -0.39 is 59.5 Å². The number of halogens is 7. The largest absolute Gasteiger partial charge is 0.391 e. The van der Waals surface area contributed by atoms with E-state index in [2.05, 4.69) is 20.6 Å². The maximum atomic E-state index is 13.7. The van der Waals surface area contributed by atoms with Crippen LogP contribution in [0.25, 0.3) is 21.8 Å². The van der Waals surface area contributed by atoms with Crippen molar-refractivity contribution in [3.63, 3.8) is 0 Å². The van der Waals surface area contributed by atoms with E-state index in [4.69, 9.17) is 0 Å². The monoisotopic (exact) mass is 746 g/mol. The van der Waals surface area contributed by atoms with Gasteiger partial charge in [-0.05, 0) is 82.1 Å². The SMILES string of the molecule is CC(F)(F)C[C@@](C)(CC1(C)CC1)NC(=O)c1cnc2c(F)cccc2c1.C[C@@](CC1CCCC1)(CC(F)(F)F)NC(=O)c1cnc2c(F)cccc2c1. The van der Waals surface area contributed by atoms with Gasteiger partial charge in [-0.2, -0.15) is 13.2 Å². The van der Waals surface area contributed by atoms with Crippen LogP contribution in [0.5, 0.6) is 0 Å². The molecule has 0 bridgehead atoms. The molecule has 0 aliphatic heterocycles. The van der Waals surface area contributed by atoms with Gasteiger partial charge in [0.2, 0.25) is 5.92 Å². The second kappa shape index (κ2) is 15.2. The van der Waals surface area contributed by atoms with Crippen molar-refractivity contribution in [2.45, 2.75) is 115 Å². The molecule has 2 amide bonds. The van der Waals surface area contributed by atoms with E-state index in [1.807, 2.05) is 6.92 Å². The van der Waals surface area contributed by atoms with Crippen LogP contribution >= 0.6 is 0 Å². The highest BCUT2D eigenvalue weighted by molar-refractivity contribution is 5.98. The molecule has 2 aliphatic rings. The van der Waals surface area contributed by atoms with Gasteiger partial charge >= 0.3 is 6.18 Å². The molecule has 6 rings (SSSR count). The zero-order chi connectivity index (χ0) is 38.8. The average Bonchev–Trinajstić information content (AvgIpc) is 3.52. The molecule has 13 heteroatoms. The van der Waals surface area contributed by atoms with Crippen LogP contribution in [0.15, 0.2) is 60.9 Å². The van der Waals surface area contributed by atoms with Crippen molar-refractivity contribution < 1.29 is 40.3 Å². The standard InChI is InChI=1S/C20H22F4N2O.C20H23F3N2O/c1-19(12-20(22,23)24,10-13-5-2-3-6-13)26-18(27)15-9-14-7-4-8-16(21)17(14)25-11-15;1-18(7-8-18)11-19(2,12-20(3,22)23)25-17(26)14-9-13-5-4-6-15(21)16(13)24-10-14/h4,7-9,11,13H,2-3,5-6,10,12H2,1H3,(H,26,27);4-6,9-10H,7-8,11-12H2,1-3H3,(H,25,26)/t2*19-/m11/s1. The predicted molar refractivity (Wildman–Crippen MR) is 190 cm³/mol. The summed E-state index contributed by atoms with van der Waals surface area (Å²) in [5.41, 5.74) is -1.77. The van der Waals surface area contributed by atoms with E-state index in [-0.39, 0.29) is 39.9 Å². The van der Waals surface area contributed by atoms with Crippen molar-refractivity contribution in [3.05, 3.63) is 83.7 Å². The number of hydrogen-bond donors (Lipinski definition) is 2. The Morgan fingerprint density at radius 3 is 1.66 bits per heavy atom. The van der Waals surface area contributed by atoms with Crippen LogP contribution in [0.4, 0.5) is 30.7 Å². The third-order valence-electron chi connectivity index (χ3n) is 10.1. The maximum Gasteiger partial charge on any atom is 0.391 e. The van der Waals surface area contributed by atoms with Gasteiger partial charge in [0, 0.05) is 40.7 Å². The van der Waals surface area contributed by atoms with Crippen molar-refractivity contribution in [1.29, 1.82) is 0 Å². The number of para-hydroxylation sites is 2. The normalized spacial score (nSPS) is 18.1.